The van der Waals surface area contributed by atoms with E-state index in [1.807, 2.05) is 26.8 Å². The summed E-state index contributed by atoms with van der Waals surface area (Å²) >= 11 is 0. The number of pyridine rings is 1. The Labute approximate surface area is 71.6 Å². The van der Waals surface area contributed by atoms with E-state index < -0.39 is 0 Å². The molecular weight excluding hydrogens is 150 g/mol. The third kappa shape index (κ3) is 0.978. The van der Waals surface area contributed by atoms with Gasteiger partial charge in [0.2, 0.25) is 0 Å². The zero-order valence-corrected chi connectivity index (χ0v) is 7.42. The molecule has 3 heteroatoms. The molecule has 0 saturated carbocycles. The molecule has 61 valence electrons. The number of fused-ring (bicyclic) bond motifs is 1. The zero-order chi connectivity index (χ0) is 8.72. The van der Waals surface area contributed by atoms with Gasteiger partial charge in [0.25, 0.3) is 0 Å². The Morgan fingerprint density at radius 1 is 1.17 bits per heavy atom. The van der Waals surface area contributed by atoms with Crippen LogP contribution >= 0.6 is 0 Å². The maximum absolute atomic E-state index is 4.31. The Morgan fingerprint density at radius 2 is 1.92 bits per heavy atom. The summed E-state index contributed by atoms with van der Waals surface area (Å²) in [6, 6.07) is 1.96. The second-order valence-electron chi connectivity index (χ2n) is 2.99. The van der Waals surface area contributed by atoms with Crippen molar-refractivity contribution in [3.8, 4) is 0 Å². The zero-order valence-electron chi connectivity index (χ0n) is 7.42. The predicted octanol–water partition coefficient (Wildman–Crippen LogP) is 2.00. The summed E-state index contributed by atoms with van der Waals surface area (Å²) in [6.45, 7) is 5.83. The molecule has 2 rings (SSSR count). The van der Waals surface area contributed by atoms with Gasteiger partial charge in [0.1, 0.15) is 11.5 Å². The number of amidine groups is 1. The van der Waals surface area contributed by atoms with Crippen molar-refractivity contribution in [3.05, 3.63) is 17.5 Å². The van der Waals surface area contributed by atoms with Crippen molar-refractivity contribution >= 4 is 17.2 Å². The summed E-state index contributed by atoms with van der Waals surface area (Å²) in [4.78, 5) is 8.59. The van der Waals surface area contributed by atoms with Gasteiger partial charge < -0.3 is 0 Å². The van der Waals surface area contributed by atoms with Gasteiger partial charge in [0, 0.05) is 5.69 Å². The lowest BCUT2D eigenvalue weighted by molar-refractivity contribution is 1.11. The van der Waals surface area contributed by atoms with E-state index in [1.54, 1.807) is 0 Å². The molecule has 0 amide bonds. The van der Waals surface area contributed by atoms with Crippen molar-refractivity contribution in [1.82, 2.24) is 10.3 Å². The molecule has 12 heavy (non-hydrogen) atoms. The molecule has 0 fully saturated rings. The highest BCUT2D eigenvalue weighted by molar-refractivity contribution is 5.94. The molecule has 3 nitrogen and oxygen atoms in total. The number of hydrogen-bond donors (Lipinski definition) is 0. The highest BCUT2D eigenvalue weighted by Crippen LogP contribution is 2.32. The summed E-state index contributed by atoms with van der Waals surface area (Å²) in [6.07, 6.45) is 0. The third-order valence-corrected chi connectivity index (χ3v) is 1.83. The van der Waals surface area contributed by atoms with Gasteiger partial charge in [0.05, 0.1) is 11.4 Å². The van der Waals surface area contributed by atoms with Gasteiger partial charge in [0.15, 0.2) is 0 Å². The SMILES string of the molecule is CC1=Nc2c(cc(C)nc2C)[N]1. The standard InChI is InChI=1S/C9H10N3/c1-5-4-8-9(6(2)10-5)12-7(3)11-8/h4H,1-3H3. The van der Waals surface area contributed by atoms with E-state index in [0.29, 0.717) is 0 Å². The van der Waals surface area contributed by atoms with Crippen LogP contribution in [0.5, 0.6) is 0 Å². The van der Waals surface area contributed by atoms with E-state index >= 15 is 0 Å². The fourth-order valence-electron chi connectivity index (χ4n) is 1.39. The van der Waals surface area contributed by atoms with Crippen LogP contribution in [0.3, 0.4) is 0 Å². The minimum Gasteiger partial charge on any atom is -0.256 e. The lowest BCUT2D eigenvalue weighted by Gasteiger charge is -2.00. The Morgan fingerprint density at radius 3 is 2.67 bits per heavy atom. The van der Waals surface area contributed by atoms with Crippen LogP contribution in [-0.4, -0.2) is 10.8 Å². The van der Waals surface area contributed by atoms with E-state index in [1.165, 1.54) is 0 Å². The molecule has 2 heterocycles. The molecule has 1 aliphatic heterocycles. The molecule has 1 radical (unpaired) electrons. The number of nitrogens with zero attached hydrogens (tertiary/aromatic N) is 3. The Hall–Kier alpha value is -1.38. The van der Waals surface area contributed by atoms with Gasteiger partial charge in [-0.15, -0.1) is 0 Å². The highest BCUT2D eigenvalue weighted by Gasteiger charge is 2.15. The van der Waals surface area contributed by atoms with Gasteiger partial charge in [-0.25, -0.2) is 10.3 Å². The molecule has 0 unspecified atom stereocenters. The molecule has 1 aromatic heterocycles. The average Bonchev–Trinajstić information content (AvgIpc) is 2.29. The van der Waals surface area contributed by atoms with Crippen LogP contribution in [0, 0.1) is 13.8 Å². The first-order chi connectivity index (χ1) is 5.66. The highest BCUT2D eigenvalue weighted by atomic mass is 15.1. The van der Waals surface area contributed by atoms with Crippen molar-refractivity contribution in [1.29, 1.82) is 0 Å². The third-order valence-electron chi connectivity index (χ3n) is 1.83. The molecule has 0 bridgehead atoms. The Kier molecular flexibility index (Phi) is 1.40. The van der Waals surface area contributed by atoms with Crippen LogP contribution in [0.15, 0.2) is 11.1 Å². The predicted molar refractivity (Wildman–Crippen MR) is 48.3 cm³/mol. The summed E-state index contributed by atoms with van der Waals surface area (Å²) in [7, 11) is 0. The fraction of sp³-hybridized carbons (Fsp3) is 0.333. The van der Waals surface area contributed by atoms with Crippen LogP contribution in [0.25, 0.3) is 0 Å². The molecule has 0 aliphatic carbocycles. The van der Waals surface area contributed by atoms with Gasteiger partial charge in [-0.2, -0.15) is 0 Å². The number of aromatic nitrogens is 1. The van der Waals surface area contributed by atoms with E-state index in [2.05, 4.69) is 15.3 Å². The van der Waals surface area contributed by atoms with Crippen molar-refractivity contribution in [2.24, 2.45) is 4.99 Å². The summed E-state index contributed by atoms with van der Waals surface area (Å²) < 4.78 is 0. The van der Waals surface area contributed by atoms with Gasteiger partial charge >= 0.3 is 0 Å². The van der Waals surface area contributed by atoms with Gasteiger partial charge in [-0.1, -0.05) is 0 Å². The van der Waals surface area contributed by atoms with E-state index in [0.717, 1.165) is 28.6 Å². The number of aliphatic imine (C=N–C) groups is 1. The first-order valence-corrected chi connectivity index (χ1v) is 3.92. The molecule has 0 atom stereocenters. The maximum Gasteiger partial charge on any atom is 0.126 e. The lowest BCUT2D eigenvalue weighted by Crippen LogP contribution is -1.99. The second kappa shape index (κ2) is 2.30. The molecule has 1 aliphatic rings. The van der Waals surface area contributed by atoms with Crippen molar-refractivity contribution in [2.45, 2.75) is 20.8 Å². The normalized spacial score (nSPS) is 13.8. The minimum atomic E-state index is 0.820. The number of hydrogen-bond acceptors (Lipinski definition) is 2. The van der Waals surface area contributed by atoms with Crippen LogP contribution in [0.1, 0.15) is 18.3 Å². The molecule has 1 aromatic rings. The molecular formula is C9H10N3. The lowest BCUT2D eigenvalue weighted by atomic mass is 10.2. The van der Waals surface area contributed by atoms with Crippen molar-refractivity contribution < 1.29 is 0 Å². The van der Waals surface area contributed by atoms with Crippen LogP contribution in [-0.2, 0) is 0 Å². The quantitative estimate of drug-likeness (QED) is 0.572. The Bertz CT molecular complexity index is 366. The fourth-order valence-corrected chi connectivity index (χ4v) is 1.39. The molecule has 0 spiro atoms. The first kappa shape index (κ1) is 7.28. The number of rotatable bonds is 0. The largest absolute Gasteiger partial charge is 0.256 e. The first-order valence-electron chi connectivity index (χ1n) is 3.92. The van der Waals surface area contributed by atoms with Gasteiger partial charge in [-0.05, 0) is 26.8 Å². The smallest absolute Gasteiger partial charge is 0.126 e. The van der Waals surface area contributed by atoms with Crippen LogP contribution in [0.2, 0.25) is 0 Å². The molecule has 0 aromatic carbocycles. The topological polar surface area (TPSA) is 39.4 Å². The van der Waals surface area contributed by atoms with Crippen LogP contribution < -0.4 is 5.32 Å². The monoisotopic (exact) mass is 160 g/mol. The molecule has 0 saturated heterocycles. The maximum atomic E-state index is 4.31. The van der Waals surface area contributed by atoms with Crippen molar-refractivity contribution in [2.75, 3.05) is 0 Å². The summed E-state index contributed by atoms with van der Waals surface area (Å²) in [5, 5.41) is 4.28. The van der Waals surface area contributed by atoms with E-state index in [4.69, 9.17) is 0 Å². The van der Waals surface area contributed by atoms with E-state index in [9.17, 15) is 0 Å². The summed E-state index contributed by atoms with van der Waals surface area (Å²) in [5.74, 6) is 0.820. The van der Waals surface area contributed by atoms with Crippen molar-refractivity contribution in [3.63, 3.8) is 0 Å². The molecule has 0 N–H and O–H groups in total. The van der Waals surface area contributed by atoms with E-state index in [-0.39, 0.29) is 0 Å². The minimum absolute atomic E-state index is 0.820. The second-order valence-corrected chi connectivity index (χ2v) is 2.99. The van der Waals surface area contributed by atoms with Crippen LogP contribution in [0.4, 0.5) is 11.4 Å². The number of aryl methyl sites for hydroxylation is 2. The average molecular weight is 160 g/mol. The Balaban J connectivity index is 2.62. The summed E-state index contributed by atoms with van der Waals surface area (Å²) in [5.41, 5.74) is 3.85. The van der Waals surface area contributed by atoms with Gasteiger partial charge in [-0.3, -0.25) is 4.98 Å².